The average molecular weight is 211 g/mol. The fourth-order valence-corrected chi connectivity index (χ4v) is 1.39. The lowest BCUT2D eigenvalue weighted by atomic mass is 10.2. The molecule has 4 nitrogen and oxygen atoms in total. The molecule has 0 saturated heterocycles. The smallest absolute Gasteiger partial charge is 0.322 e. The number of furan rings is 1. The second kappa shape index (κ2) is 4.98. The lowest BCUT2D eigenvalue weighted by molar-refractivity contribution is -0.142. The van der Waals surface area contributed by atoms with Gasteiger partial charge in [-0.25, -0.2) is 0 Å². The van der Waals surface area contributed by atoms with Crippen molar-refractivity contribution in [3.63, 3.8) is 0 Å². The van der Waals surface area contributed by atoms with Crippen molar-refractivity contribution in [2.75, 3.05) is 7.11 Å². The Bertz CT molecular complexity index is 332. The van der Waals surface area contributed by atoms with Crippen LogP contribution in [0.25, 0.3) is 0 Å². The van der Waals surface area contributed by atoms with Gasteiger partial charge in [0.15, 0.2) is 0 Å². The van der Waals surface area contributed by atoms with E-state index >= 15 is 0 Å². The van der Waals surface area contributed by atoms with Crippen molar-refractivity contribution in [2.45, 2.75) is 32.9 Å². The first-order chi connectivity index (χ1) is 7.04. The van der Waals surface area contributed by atoms with E-state index in [1.165, 1.54) is 7.11 Å². The molecular formula is C11H17NO3. The number of hydrogen-bond acceptors (Lipinski definition) is 4. The number of rotatable bonds is 4. The van der Waals surface area contributed by atoms with E-state index in [1.807, 2.05) is 26.0 Å². The third-order valence-corrected chi connectivity index (χ3v) is 2.24. The van der Waals surface area contributed by atoms with Gasteiger partial charge in [0.2, 0.25) is 0 Å². The molecule has 0 bridgehead atoms. The Kier molecular flexibility index (Phi) is 3.91. The first-order valence-corrected chi connectivity index (χ1v) is 4.94. The van der Waals surface area contributed by atoms with Crippen molar-refractivity contribution in [1.29, 1.82) is 0 Å². The van der Waals surface area contributed by atoms with Gasteiger partial charge in [0.05, 0.1) is 13.2 Å². The van der Waals surface area contributed by atoms with E-state index < -0.39 is 0 Å². The van der Waals surface area contributed by atoms with Crippen LogP contribution in [0.1, 0.15) is 31.4 Å². The highest BCUT2D eigenvalue weighted by atomic mass is 16.5. The fourth-order valence-electron chi connectivity index (χ4n) is 1.39. The van der Waals surface area contributed by atoms with Crippen LogP contribution >= 0.6 is 0 Å². The molecule has 1 rings (SSSR count). The largest absolute Gasteiger partial charge is 0.468 e. The summed E-state index contributed by atoms with van der Waals surface area (Å²) >= 11 is 0. The van der Waals surface area contributed by atoms with E-state index in [9.17, 15) is 4.79 Å². The quantitative estimate of drug-likeness (QED) is 0.771. The van der Waals surface area contributed by atoms with Gasteiger partial charge in [0, 0.05) is 0 Å². The van der Waals surface area contributed by atoms with Crippen LogP contribution in [-0.4, -0.2) is 19.1 Å². The van der Waals surface area contributed by atoms with Crippen molar-refractivity contribution >= 4 is 5.97 Å². The highest BCUT2D eigenvalue weighted by Crippen LogP contribution is 2.16. The molecule has 0 aromatic carbocycles. The summed E-state index contributed by atoms with van der Waals surface area (Å²) in [6.07, 6.45) is 0. The third-order valence-electron chi connectivity index (χ3n) is 2.24. The molecular weight excluding hydrogens is 194 g/mol. The highest BCUT2D eigenvalue weighted by Gasteiger charge is 2.17. The molecule has 0 radical (unpaired) electrons. The zero-order chi connectivity index (χ0) is 11.4. The van der Waals surface area contributed by atoms with E-state index in [1.54, 1.807) is 6.92 Å². The Labute approximate surface area is 89.6 Å². The monoisotopic (exact) mass is 211 g/mol. The van der Waals surface area contributed by atoms with Gasteiger partial charge in [-0.05, 0) is 32.9 Å². The van der Waals surface area contributed by atoms with Crippen molar-refractivity contribution in [2.24, 2.45) is 0 Å². The predicted molar refractivity (Wildman–Crippen MR) is 56.5 cm³/mol. The lowest BCUT2D eigenvalue weighted by Crippen LogP contribution is -2.36. The summed E-state index contributed by atoms with van der Waals surface area (Å²) in [6, 6.07) is 3.45. The van der Waals surface area contributed by atoms with Gasteiger partial charge >= 0.3 is 5.97 Å². The summed E-state index contributed by atoms with van der Waals surface area (Å²) in [5.74, 6) is 1.41. The van der Waals surface area contributed by atoms with Crippen molar-refractivity contribution in [1.82, 2.24) is 5.32 Å². The van der Waals surface area contributed by atoms with Crippen LogP contribution in [-0.2, 0) is 9.53 Å². The molecule has 0 amide bonds. The van der Waals surface area contributed by atoms with Gasteiger partial charge in [-0.2, -0.15) is 0 Å². The van der Waals surface area contributed by atoms with Crippen LogP contribution in [0.5, 0.6) is 0 Å². The lowest BCUT2D eigenvalue weighted by Gasteiger charge is -2.16. The topological polar surface area (TPSA) is 51.5 Å². The Balaban J connectivity index is 2.55. The number of nitrogens with one attached hydrogen (secondary N) is 1. The van der Waals surface area contributed by atoms with Crippen molar-refractivity contribution in [3.05, 3.63) is 23.7 Å². The summed E-state index contributed by atoms with van der Waals surface area (Å²) in [4.78, 5) is 11.2. The summed E-state index contributed by atoms with van der Waals surface area (Å²) in [7, 11) is 1.38. The highest BCUT2D eigenvalue weighted by molar-refractivity contribution is 5.75. The number of aryl methyl sites for hydroxylation is 1. The average Bonchev–Trinajstić information content (AvgIpc) is 2.63. The summed E-state index contributed by atoms with van der Waals surface area (Å²) in [6.45, 7) is 5.59. The number of carbonyl (C=O) groups excluding carboxylic acids is 1. The molecule has 0 saturated carbocycles. The molecule has 4 heteroatoms. The minimum atomic E-state index is -0.338. The maximum absolute atomic E-state index is 11.2. The Morgan fingerprint density at radius 1 is 1.47 bits per heavy atom. The zero-order valence-electron chi connectivity index (χ0n) is 9.53. The number of esters is 1. The predicted octanol–water partition coefficient (Wildman–Crippen LogP) is 1.80. The molecule has 1 heterocycles. The third kappa shape index (κ3) is 3.09. The molecule has 15 heavy (non-hydrogen) atoms. The van der Waals surface area contributed by atoms with Crippen LogP contribution in [0.2, 0.25) is 0 Å². The number of methoxy groups -OCH3 is 1. The van der Waals surface area contributed by atoms with E-state index in [0.717, 1.165) is 11.5 Å². The molecule has 1 unspecified atom stereocenters. The number of ether oxygens (including phenoxy) is 1. The normalized spacial score (nSPS) is 14.7. The molecule has 0 fully saturated rings. The molecule has 0 spiro atoms. The molecule has 84 valence electrons. The Hall–Kier alpha value is -1.29. The minimum Gasteiger partial charge on any atom is -0.468 e. The summed E-state index contributed by atoms with van der Waals surface area (Å²) < 4.78 is 10.1. The van der Waals surface area contributed by atoms with Crippen molar-refractivity contribution < 1.29 is 13.9 Å². The number of carbonyl (C=O) groups is 1. The van der Waals surface area contributed by atoms with E-state index in [2.05, 4.69) is 10.1 Å². The summed E-state index contributed by atoms with van der Waals surface area (Å²) in [5.41, 5.74) is 0. The van der Waals surface area contributed by atoms with E-state index in [-0.39, 0.29) is 18.1 Å². The molecule has 0 aliphatic rings. The Morgan fingerprint density at radius 2 is 2.13 bits per heavy atom. The van der Waals surface area contributed by atoms with Crippen LogP contribution in [0, 0.1) is 6.92 Å². The standard InChI is InChI=1S/C11H17NO3/c1-7-5-6-10(15-7)8(2)12-9(3)11(13)14-4/h5-6,8-9,12H,1-4H3/t8?,9-/m0/s1. The number of hydrogen-bond donors (Lipinski definition) is 1. The SMILES string of the molecule is COC(=O)[C@H](C)NC(C)c1ccc(C)o1. The van der Waals surface area contributed by atoms with Crippen molar-refractivity contribution in [3.8, 4) is 0 Å². The molecule has 1 N–H and O–H groups in total. The van der Waals surface area contributed by atoms with Gasteiger partial charge in [0.25, 0.3) is 0 Å². The second-order valence-corrected chi connectivity index (χ2v) is 3.58. The van der Waals surface area contributed by atoms with Gasteiger partial charge in [-0.3, -0.25) is 10.1 Å². The minimum absolute atomic E-state index is 0.00667. The maximum Gasteiger partial charge on any atom is 0.322 e. The second-order valence-electron chi connectivity index (χ2n) is 3.58. The van der Waals surface area contributed by atoms with Crippen LogP contribution in [0.3, 0.4) is 0 Å². The first-order valence-electron chi connectivity index (χ1n) is 4.94. The van der Waals surface area contributed by atoms with Gasteiger partial charge in [-0.15, -0.1) is 0 Å². The van der Waals surface area contributed by atoms with E-state index in [0.29, 0.717) is 0 Å². The first kappa shape index (κ1) is 11.8. The summed E-state index contributed by atoms with van der Waals surface area (Å²) in [5, 5.41) is 3.09. The Morgan fingerprint density at radius 3 is 2.60 bits per heavy atom. The fraction of sp³-hybridized carbons (Fsp3) is 0.545. The maximum atomic E-state index is 11.2. The van der Waals surface area contributed by atoms with Gasteiger partial charge < -0.3 is 9.15 Å². The van der Waals surface area contributed by atoms with Crippen LogP contribution in [0.15, 0.2) is 16.5 Å². The molecule has 1 aromatic heterocycles. The van der Waals surface area contributed by atoms with Crippen LogP contribution < -0.4 is 5.32 Å². The molecule has 0 aliphatic carbocycles. The molecule has 0 aliphatic heterocycles. The molecule has 2 atom stereocenters. The van der Waals surface area contributed by atoms with Gasteiger partial charge in [0.1, 0.15) is 17.6 Å². The van der Waals surface area contributed by atoms with E-state index in [4.69, 9.17) is 4.42 Å². The zero-order valence-corrected chi connectivity index (χ0v) is 9.53. The van der Waals surface area contributed by atoms with Gasteiger partial charge in [-0.1, -0.05) is 0 Å². The van der Waals surface area contributed by atoms with Crippen LogP contribution in [0.4, 0.5) is 0 Å². The molecule has 1 aromatic rings.